The highest BCUT2D eigenvalue weighted by Crippen LogP contribution is 2.23. The molecule has 0 saturated heterocycles. The van der Waals surface area contributed by atoms with E-state index in [2.05, 4.69) is 13.8 Å². The summed E-state index contributed by atoms with van der Waals surface area (Å²) in [4.78, 5) is 11.0. The summed E-state index contributed by atoms with van der Waals surface area (Å²) in [6.07, 6.45) is 31.4. The predicted molar refractivity (Wildman–Crippen MR) is 133 cm³/mol. The van der Waals surface area contributed by atoms with E-state index in [1.807, 2.05) is 0 Å². The molecule has 0 bridgehead atoms. The van der Waals surface area contributed by atoms with Gasteiger partial charge in [-0.2, -0.15) is 0 Å². The normalized spacial score (nSPS) is 11.4. The smallest absolute Gasteiger partial charge is 0.303 e. The van der Waals surface area contributed by atoms with Crippen molar-refractivity contribution < 1.29 is 9.90 Å². The Hall–Kier alpha value is -0.530. The van der Waals surface area contributed by atoms with Gasteiger partial charge < -0.3 is 5.11 Å². The van der Waals surface area contributed by atoms with Crippen LogP contribution in [0, 0.1) is 5.92 Å². The largest absolute Gasteiger partial charge is 0.481 e. The minimum atomic E-state index is -0.619. The molecule has 0 aliphatic carbocycles. The number of carbonyl (C=O) groups is 1. The molecule has 0 amide bonds. The molecule has 1 N–H and O–H groups in total. The molecule has 0 aliphatic rings. The quantitative estimate of drug-likeness (QED) is 0.148. The molecule has 0 saturated carbocycles. The Balaban J connectivity index is 3.65. The van der Waals surface area contributed by atoms with Gasteiger partial charge in [0, 0.05) is 6.42 Å². The van der Waals surface area contributed by atoms with E-state index in [0.717, 1.165) is 6.42 Å². The van der Waals surface area contributed by atoms with Crippen molar-refractivity contribution in [2.24, 2.45) is 5.92 Å². The fraction of sp³-hybridized carbons (Fsp3) is 0.964. The van der Waals surface area contributed by atoms with Crippen LogP contribution in [0.15, 0.2) is 0 Å². The van der Waals surface area contributed by atoms with Crippen LogP contribution < -0.4 is 0 Å². The molecule has 2 heteroatoms. The minimum Gasteiger partial charge on any atom is -0.481 e. The van der Waals surface area contributed by atoms with Crippen LogP contribution >= 0.6 is 0 Å². The fourth-order valence-electron chi connectivity index (χ4n) is 4.60. The Morgan fingerprint density at radius 1 is 0.500 bits per heavy atom. The van der Waals surface area contributed by atoms with Crippen molar-refractivity contribution in [1.82, 2.24) is 0 Å². The van der Waals surface area contributed by atoms with Crippen LogP contribution in [0.3, 0.4) is 0 Å². The van der Waals surface area contributed by atoms with E-state index in [1.165, 1.54) is 141 Å². The molecule has 0 aromatic carbocycles. The summed E-state index contributed by atoms with van der Waals surface area (Å²) < 4.78 is 0. The molecule has 0 unspecified atom stereocenters. The molecule has 180 valence electrons. The highest BCUT2D eigenvalue weighted by molar-refractivity contribution is 5.66. The average molecular weight is 425 g/mol. The summed E-state index contributed by atoms with van der Waals surface area (Å²) in [5, 5.41) is 9.05. The molecule has 0 heterocycles. The monoisotopic (exact) mass is 424 g/mol. The van der Waals surface area contributed by atoms with Crippen LogP contribution in [0.5, 0.6) is 0 Å². The van der Waals surface area contributed by atoms with Gasteiger partial charge in [0.05, 0.1) is 0 Å². The highest BCUT2D eigenvalue weighted by atomic mass is 16.4. The maximum atomic E-state index is 11.0. The van der Waals surface area contributed by atoms with Gasteiger partial charge in [-0.25, -0.2) is 0 Å². The lowest BCUT2D eigenvalue weighted by Crippen LogP contribution is -2.05. The second-order valence-corrected chi connectivity index (χ2v) is 9.74. The Morgan fingerprint density at radius 3 is 1.10 bits per heavy atom. The summed E-state index contributed by atoms with van der Waals surface area (Å²) in [7, 11) is 0. The van der Waals surface area contributed by atoms with E-state index in [1.54, 1.807) is 0 Å². The minimum absolute atomic E-state index is 0.361. The van der Waals surface area contributed by atoms with Crippen LogP contribution in [0.4, 0.5) is 0 Å². The van der Waals surface area contributed by atoms with E-state index < -0.39 is 5.97 Å². The fourth-order valence-corrected chi connectivity index (χ4v) is 4.60. The topological polar surface area (TPSA) is 37.3 Å². The zero-order valence-corrected chi connectivity index (χ0v) is 20.9. The van der Waals surface area contributed by atoms with Crippen LogP contribution in [0.25, 0.3) is 0 Å². The molecule has 30 heavy (non-hydrogen) atoms. The second-order valence-electron chi connectivity index (χ2n) is 9.74. The Bertz CT molecular complexity index is 316. The Labute approximate surface area is 190 Å². The summed E-state index contributed by atoms with van der Waals surface area (Å²) in [5.74, 6) is 0.0235. The standard InChI is InChI=1S/C28H56O2/c1-3-5-7-9-11-13-15-17-19-21-23-27(25-26-28(29)30)24-22-20-18-16-14-12-10-8-6-4-2/h27H,3-26H2,1-2H3,(H,29,30). The molecule has 0 spiro atoms. The van der Waals surface area contributed by atoms with Gasteiger partial charge in [-0.1, -0.05) is 155 Å². The first-order valence-electron chi connectivity index (χ1n) is 13.9. The van der Waals surface area contributed by atoms with E-state index in [9.17, 15) is 4.79 Å². The van der Waals surface area contributed by atoms with Crippen molar-refractivity contribution in [2.75, 3.05) is 0 Å². The summed E-state index contributed by atoms with van der Waals surface area (Å²) in [6, 6.07) is 0. The third kappa shape index (κ3) is 23.7. The van der Waals surface area contributed by atoms with Crippen LogP contribution in [0.2, 0.25) is 0 Å². The molecule has 2 nitrogen and oxygen atoms in total. The summed E-state index contributed by atoms with van der Waals surface area (Å²) in [6.45, 7) is 4.56. The lowest BCUT2D eigenvalue weighted by atomic mass is 9.90. The molecule has 0 aromatic rings. The van der Waals surface area contributed by atoms with E-state index in [0.29, 0.717) is 12.3 Å². The number of unbranched alkanes of at least 4 members (excludes halogenated alkanes) is 18. The number of rotatable bonds is 25. The van der Waals surface area contributed by atoms with Crippen molar-refractivity contribution in [3.8, 4) is 0 Å². The number of aliphatic carboxylic acids is 1. The molecule has 0 fully saturated rings. The van der Waals surface area contributed by atoms with Gasteiger partial charge in [0.2, 0.25) is 0 Å². The maximum Gasteiger partial charge on any atom is 0.303 e. The third-order valence-corrected chi connectivity index (χ3v) is 6.70. The maximum absolute atomic E-state index is 11.0. The first-order valence-corrected chi connectivity index (χ1v) is 13.9. The Morgan fingerprint density at radius 2 is 0.800 bits per heavy atom. The summed E-state index contributed by atoms with van der Waals surface area (Å²) in [5.41, 5.74) is 0. The van der Waals surface area contributed by atoms with Crippen LogP contribution in [0.1, 0.15) is 168 Å². The van der Waals surface area contributed by atoms with Gasteiger partial charge in [0.1, 0.15) is 0 Å². The molecule has 0 aromatic heterocycles. The number of hydrogen-bond acceptors (Lipinski definition) is 1. The first-order chi connectivity index (χ1) is 14.7. The van der Waals surface area contributed by atoms with Gasteiger partial charge >= 0.3 is 5.97 Å². The lowest BCUT2D eigenvalue weighted by molar-refractivity contribution is -0.137. The van der Waals surface area contributed by atoms with Gasteiger partial charge in [-0.15, -0.1) is 0 Å². The Kier molecular flexibility index (Phi) is 24.3. The molecule has 0 aliphatic heterocycles. The third-order valence-electron chi connectivity index (χ3n) is 6.70. The second kappa shape index (κ2) is 24.7. The van der Waals surface area contributed by atoms with Gasteiger partial charge in [-0.3, -0.25) is 4.79 Å². The zero-order valence-electron chi connectivity index (χ0n) is 20.9. The van der Waals surface area contributed by atoms with Crippen molar-refractivity contribution in [3.63, 3.8) is 0 Å². The van der Waals surface area contributed by atoms with Crippen molar-refractivity contribution in [3.05, 3.63) is 0 Å². The molecule has 0 radical (unpaired) electrons. The van der Waals surface area contributed by atoms with Crippen molar-refractivity contribution in [2.45, 2.75) is 168 Å². The predicted octanol–water partition coefficient (Wildman–Crippen LogP) is 10.1. The molecular formula is C28H56O2. The van der Waals surface area contributed by atoms with Crippen molar-refractivity contribution >= 4 is 5.97 Å². The van der Waals surface area contributed by atoms with Gasteiger partial charge in [0.25, 0.3) is 0 Å². The lowest BCUT2D eigenvalue weighted by Gasteiger charge is -2.16. The highest BCUT2D eigenvalue weighted by Gasteiger charge is 2.11. The SMILES string of the molecule is CCCCCCCCCCCCC(CCCCCCCCCCCC)CCC(=O)O. The molecule has 0 atom stereocenters. The van der Waals surface area contributed by atoms with E-state index >= 15 is 0 Å². The first kappa shape index (κ1) is 29.5. The van der Waals surface area contributed by atoms with E-state index in [-0.39, 0.29) is 0 Å². The van der Waals surface area contributed by atoms with Crippen LogP contribution in [-0.2, 0) is 4.79 Å². The molecule has 0 rings (SSSR count). The number of hydrogen-bond donors (Lipinski definition) is 1. The van der Waals surface area contributed by atoms with Gasteiger partial charge in [0.15, 0.2) is 0 Å². The zero-order chi connectivity index (χ0) is 22.1. The van der Waals surface area contributed by atoms with E-state index in [4.69, 9.17) is 5.11 Å². The van der Waals surface area contributed by atoms with Crippen LogP contribution in [-0.4, -0.2) is 11.1 Å². The van der Waals surface area contributed by atoms with Crippen molar-refractivity contribution in [1.29, 1.82) is 0 Å². The molecular weight excluding hydrogens is 368 g/mol. The number of carboxylic acids is 1. The van der Waals surface area contributed by atoms with Gasteiger partial charge in [-0.05, 0) is 12.3 Å². The number of carboxylic acid groups (broad SMARTS) is 1. The average Bonchev–Trinajstić information content (AvgIpc) is 2.73. The summed E-state index contributed by atoms with van der Waals surface area (Å²) >= 11 is 0.